The zero-order valence-corrected chi connectivity index (χ0v) is 12.5. The van der Waals surface area contributed by atoms with Gasteiger partial charge in [0, 0.05) is 26.2 Å². The van der Waals surface area contributed by atoms with E-state index in [1.807, 2.05) is 37.2 Å². The summed E-state index contributed by atoms with van der Waals surface area (Å²) >= 11 is 0. The van der Waals surface area contributed by atoms with Gasteiger partial charge in [-0.15, -0.1) is 0 Å². The molecule has 1 aliphatic rings. The van der Waals surface area contributed by atoms with Crippen LogP contribution < -0.4 is 5.32 Å². The van der Waals surface area contributed by atoms with Crippen molar-refractivity contribution < 1.29 is 4.79 Å². The molecule has 0 bridgehead atoms. The van der Waals surface area contributed by atoms with E-state index in [-0.39, 0.29) is 5.92 Å². The van der Waals surface area contributed by atoms with Crippen LogP contribution in [0.1, 0.15) is 12.0 Å². The summed E-state index contributed by atoms with van der Waals surface area (Å²) in [6, 6.07) is 10.2. The molecule has 1 aromatic carbocycles. The molecule has 1 fully saturated rings. The third kappa shape index (κ3) is 4.32. The second-order valence-electron chi connectivity index (χ2n) is 5.74. The van der Waals surface area contributed by atoms with Crippen LogP contribution in [0.5, 0.6) is 0 Å². The van der Waals surface area contributed by atoms with E-state index in [4.69, 9.17) is 0 Å². The fraction of sp³-hybridized carbons (Fsp3) is 0.562. The van der Waals surface area contributed by atoms with Gasteiger partial charge in [-0.2, -0.15) is 0 Å². The molecule has 4 heteroatoms. The molecule has 20 heavy (non-hydrogen) atoms. The van der Waals surface area contributed by atoms with E-state index in [2.05, 4.69) is 22.3 Å². The summed E-state index contributed by atoms with van der Waals surface area (Å²) in [6.45, 7) is 4.19. The predicted molar refractivity (Wildman–Crippen MR) is 81.4 cm³/mol. The van der Waals surface area contributed by atoms with Crippen LogP contribution >= 0.6 is 0 Å². The molecule has 1 heterocycles. The fourth-order valence-electron chi connectivity index (χ4n) is 2.52. The van der Waals surface area contributed by atoms with Gasteiger partial charge in [-0.05, 0) is 32.6 Å². The number of hydrogen-bond acceptors (Lipinski definition) is 3. The molecule has 1 saturated heterocycles. The zero-order chi connectivity index (χ0) is 14.4. The van der Waals surface area contributed by atoms with Gasteiger partial charge in [-0.1, -0.05) is 30.3 Å². The second-order valence-corrected chi connectivity index (χ2v) is 5.74. The zero-order valence-electron chi connectivity index (χ0n) is 12.5. The van der Waals surface area contributed by atoms with Crippen LogP contribution in [-0.2, 0) is 11.3 Å². The standard InChI is InChI=1S/C16H25N3O/c1-18(2)10-11-19(13-14-6-4-3-5-7-14)16(20)15-8-9-17-12-15/h3-7,15,17H,8-13H2,1-2H3. The lowest BCUT2D eigenvalue weighted by Gasteiger charge is -2.27. The van der Waals surface area contributed by atoms with E-state index in [1.54, 1.807) is 0 Å². The van der Waals surface area contributed by atoms with Crippen LogP contribution in [0.2, 0.25) is 0 Å². The molecule has 0 aromatic heterocycles. The van der Waals surface area contributed by atoms with Gasteiger partial charge in [-0.25, -0.2) is 0 Å². The van der Waals surface area contributed by atoms with Crippen molar-refractivity contribution in [3.63, 3.8) is 0 Å². The molecule has 0 aliphatic carbocycles. The Labute approximate surface area is 121 Å². The van der Waals surface area contributed by atoms with Crippen molar-refractivity contribution in [3.05, 3.63) is 35.9 Å². The predicted octanol–water partition coefficient (Wildman–Crippen LogP) is 1.19. The van der Waals surface area contributed by atoms with Crippen molar-refractivity contribution in [2.24, 2.45) is 5.92 Å². The first-order valence-electron chi connectivity index (χ1n) is 7.35. The Hall–Kier alpha value is -1.39. The van der Waals surface area contributed by atoms with Crippen molar-refractivity contribution in [2.75, 3.05) is 40.3 Å². The van der Waals surface area contributed by atoms with Crippen LogP contribution in [-0.4, -0.2) is 56.0 Å². The number of nitrogens with zero attached hydrogens (tertiary/aromatic N) is 2. The van der Waals surface area contributed by atoms with E-state index < -0.39 is 0 Å². The maximum Gasteiger partial charge on any atom is 0.227 e. The molecule has 0 radical (unpaired) electrons. The van der Waals surface area contributed by atoms with Crippen molar-refractivity contribution in [1.82, 2.24) is 15.1 Å². The maximum absolute atomic E-state index is 12.6. The van der Waals surface area contributed by atoms with Crippen LogP contribution in [0.3, 0.4) is 0 Å². The van der Waals surface area contributed by atoms with Crippen LogP contribution in [0.4, 0.5) is 0 Å². The first-order chi connectivity index (χ1) is 9.66. The Morgan fingerprint density at radius 2 is 2.00 bits per heavy atom. The monoisotopic (exact) mass is 275 g/mol. The van der Waals surface area contributed by atoms with Crippen molar-refractivity contribution in [2.45, 2.75) is 13.0 Å². The molecule has 110 valence electrons. The summed E-state index contributed by atoms with van der Waals surface area (Å²) in [5, 5.41) is 3.28. The SMILES string of the molecule is CN(C)CCN(Cc1ccccc1)C(=O)C1CCNC1. The van der Waals surface area contributed by atoms with Gasteiger partial charge >= 0.3 is 0 Å². The third-order valence-corrected chi connectivity index (χ3v) is 3.75. The van der Waals surface area contributed by atoms with Gasteiger partial charge in [0.1, 0.15) is 0 Å². The first kappa shape index (κ1) is 15.0. The number of amides is 1. The Kier molecular flexibility index (Phi) is 5.56. The van der Waals surface area contributed by atoms with E-state index in [9.17, 15) is 4.79 Å². The number of carbonyl (C=O) groups excluding carboxylic acids is 1. The molecule has 1 N–H and O–H groups in total. The molecular weight excluding hydrogens is 250 g/mol. The molecule has 2 rings (SSSR count). The number of likely N-dealkylation sites (N-methyl/N-ethyl adjacent to an activating group) is 1. The van der Waals surface area contributed by atoms with Gasteiger partial charge in [-0.3, -0.25) is 4.79 Å². The maximum atomic E-state index is 12.6. The molecule has 0 spiro atoms. The highest BCUT2D eigenvalue weighted by Crippen LogP contribution is 2.14. The fourth-order valence-corrected chi connectivity index (χ4v) is 2.52. The average Bonchev–Trinajstić information content (AvgIpc) is 2.97. The Morgan fingerprint density at radius 1 is 1.25 bits per heavy atom. The molecular formula is C16H25N3O. The summed E-state index contributed by atoms with van der Waals surface area (Å²) < 4.78 is 0. The Bertz CT molecular complexity index is 413. The second kappa shape index (κ2) is 7.41. The first-order valence-corrected chi connectivity index (χ1v) is 7.35. The molecule has 1 atom stereocenters. The van der Waals surface area contributed by atoms with Gasteiger partial charge in [0.05, 0.1) is 5.92 Å². The third-order valence-electron chi connectivity index (χ3n) is 3.75. The highest BCUT2D eigenvalue weighted by Gasteiger charge is 2.27. The number of hydrogen-bond donors (Lipinski definition) is 1. The van der Waals surface area contributed by atoms with Crippen LogP contribution in [0, 0.1) is 5.92 Å². The lowest BCUT2D eigenvalue weighted by Crippen LogP contribution is -2.40. The summed E-state index contributed by atoms with van der Waals surface area (Å²) in [5.41, 5.74) is 1.20. The minimum atomic E-state index is 0.154. The van der Waals surface area contributed by atoms with E-state index >= 15 is 0 Å². The molecule has 4 nitrogen and oxygen atoms in total. The molecule has 0 saturated carbocycles. The summed E-state index contributed by atoms with van der Waals surface area (Å²) in [4.78, 5) is 16.8. The minimum Gasteiger partial charge on any atom is -0.337 e. The number of rotatable bonds is 6. The van der Waals surface area contributed by atoms with Crippen LogP contribution in [0.25, 0.3) is 0 Å². The number of nitrogens with one attached hydrogen (secondary N) is 1. The lowest BCUT2D eigenvalue weighted by atomic mass is 10.1. The van der Waals surface area contributed by atoms with E-state index in [0.717, 1.165) is 32.6 Å². The number of benzene rings is 1. The van der Waals surface area contributed by atoms with Gasteiger partial charge < -0.3 is 15.1 Å². The smallest absolute Gasteiger partial charge is 0.227 e. The Morgan fingerprint density at radius 3 is 2.60 bits per heavy atom. The molecule has 1 unspecified atom stereocenters. The van der Waals surface area contributed by atoms with Gasteiger partial charge in [0.2, 0.25) is 5.91 Å². The Balaban J connectivity index is 2.01. The molecule has 1 amide bonds. The quantitative estimate of drug-likeness (QED) is 0.847. The average molecular weight is 275 g/mol. The van der Waals surface area contributed by atoms with Gasteiger partial charge in [0.15, 0.2) is 0 Å². The highest BCUT2D eigenvalue weighted by molar-refractivity contribution is 5.79. The lowest BCUT2D eigenvalue weighted by molar-refractivity contribution is -0.135. The van der Waals surface area contributed by atoms with E-state index in [1.165, 1.54) is 5.56 Å². The van der Waals surface area contributed by atoms with E-state index in [0.29, 0.717) is 12.5 Å². The summed E-state index contributed by atoms with van der Waals surface area (Å²) in [5.74, 6) is 0.446. The van der Waals surface area contributed by atoms with Crippen molar-refractivity contribution in [1.29, 1.82) is 0 Å². The summed E-state index contributed by atoms with van der Waals surface area (Å²) in [7, 11) is 4.09. The van der Waals surface area contributed by atoms with Crippen molar-refractivity contribution >= 4 is 5.91 Å². The normalized spacial score (nSPS) is 18.4. The van der Waals surface area contributed by atoms with Gasteiger partial charge in [0.25, 0.3) is 0 Å². The number of carbonyl (C=O) groups is 1. The largest absolute Gasteiger partial charge is 0.337 e. The molecule has 1 aliphatic heterocycles. The van der Waals surface area contributed by atoms with Crippen LogP contribution in [0.15, 0.2) is 30.3 Å². The molecule has 1 aromatic rings. The topological polar surface area (TPSA) is 35.6 Å². The summed E-state index contributed by atoms with van der Waals surface area (Å²) in [6.07, 6.45) is 0.964. The minimum absolute atomic E-state index is 0.154. The van der Waals surface area contributed by atoms with Crippen molar-refractivity contribution in [3.8, 4) is 0 Å². The highest BCUT2D eigenvalue weighted by atomic mass is 16.2.